The van der Waals surface area contributed by atoms with Crippen LogP contribution in [0.1, 0.15) is 35.6 Å². The van der Waals surface area contributed by atoms with Gasteiger partial charge < -0.3 is 4.42 Å². The van der Waals surface area contributed by atoms with Gasteiger partial charge in [0.2, 0.25) is 0 Å². The van der Waals surface area contributed by atoms with Crippen LogP contribution in [-0.4, -0.2) is 15.0 Å². The predicted octanol–water partition coefficient (Wildman–Crippen LogP) is 16.3. The van der Waals surface area contributed by atoms with Crippen molar-refractivity contribution < 1.29 is 4.42 Å². The lowest BCUT2D eigenvalue weighted by Gasteiger charge is -2.38. The molecular formula is C65H45N3O. The SMILES string of the molecule is CC1(c2cccc(-c3nc(-c4ccc(-c5ccccc5)cc4)nc(-c4cccc(-c5ccccc5)c4)n3)c2)C=CC(C2(c3ccc4oc5ccccc5c4c3)c3ccccc3-c3ccccc32)=CC1. The quantitative estimate of drug-likeness (QED) is 0.153. The maximum Gasteiger partial charge on any atom is 0.164 e. The summed E-state index contributed by atoms with van der Waals surface area (Å²) in [6.07, 6.45) is 8.11. The number of nitrogens with zero attached hydrogens (tertiary/aromatic N) is 3. The third-order valence-electron chi connectivity index (χ3n) is 14.5. The highest BCUT2D eigenvalue weighted by Gasteiger charge is 2.47. The molecule has 0 saturated carbocycles. The summed E-state index contributed by atoms with van der Waals surface area (Å²) in [6.45, 7) is 2.34. The van der Waals surface area contributed by atoms with Crippen LogP contribution in [0, 0.1) is 0 Å². The van der Waals surface area contributed by atoms with Gasteiger partial charge in [-0.15, -0.1) is 0 Å². The summed E-state index contributed by atoms with van der Waals surface area (Å²) in [5, 5.41) is 2.26. The van der Waals surface area contributed by atoms with E-state index >= 15 is 0 Å². The highest BCUT2D eigenvalue weighted by molar-refractivity contribution is 6.05. The van der Waals surface area contributed by atoms with Crippen LogP contribution >= 0.6 is 0 Å². The number of benzene rings is 9. The molecule has 0 aliphatic heterocycles. The molecule has 2 aliphatic carbocycles. The van der Waals surface area contributed by atoms with Crippen LogP contribution in [0.25, 0.3) is 89.5 Å². The normalized spacial score (nSPS) is 15.8. The van der Waals surface area contributed by atoms with E-state index in [1.165, 1.54) is 44.5 Å². The van der Waals surface area contributed by atoms with Gasteiger partial charge in [0.15, 0.2) is 17.5 Å². The van der Waals surface area contributed by atoms with Crippen LogP contribution in [0.5, 0.6) is 0 Å². The van der Waals surface area contributed by atoms with Crippen molar-refractivity contribution >= 4 is 21.9 Å². The fourth-order valence-corrected chi connectivity index (χ4v) is 10.9. The molecule has 1 unspecified atom stereocenters. The minimum Gasteiger partial charge on any atom is -0.456 e. The fraction of sp³-hybridized carbons (Fsp3) is 0.0615. The Morgan fingerprint density at radius 3 is 1.59 bits per heavy atom. The Morgan fingerprint density at radius 2 is 0.913 bits per heavy atom. The van der Waals surface area contributed by atoms with Crippen molar-refractivity contribution in [3.8, 4) is 67.5 Å². The summed E-state index contributed by atoms with van der Waals surface area (Å²) >= 11 is 0. The Balaban J connectivity index is 0.905. The van der Waals surface area contributed by atoms with Crippen LogP contribution in [0.2, 0.25) is 0 Å². The smallest absolute Gasteiger partial charge is 0.164 e. The number of hydrogen-bond donors (Lipinski definition) is 0. The molecule has 2 heterocycles. The first kappa shape index (κ1) is 40.5. The van der Waals surface area contributed by atoms with E-state index in [0.717, 1.165) is 61.7 Å². The molecule has 4 heteroatoms. The number of fused-ring (bicyclic) bond motifs is 6. The number of aromatic nitrogens is 3. The summed E-state index contributed by atoms with van der Waals surface area (Å²) in [4.78, 5) is 15.6. The summed E-state index contributed by atoms with van der Waals surface area (Å²) in [5.74, 6) is 1.89. The molecule has 0 saturated heterocycles. The van der Waals surface area contributed by atoms with E-state index < -0.39 is 5.41 Å². The number of allylic oxidation sites excluding steroid dienone is 4. The molecule has 0 spiro atoms. The van der Waals surface area contributed by atoms with Gasteiger partial charge >= 0.3 is 0 Å². The topological polar surface area (TPSA) is 51.8 Å². The highest BCUT2D eigenvalue weighted by Crippen LogP contribution is 2.58. The van der Waals surface area contributed by atoms with Gasteiger partial charge in [-0.25, -0.2) is 15.0 Å². The molecule has 0 radical (unpaired) electrons. The molecule has 1 atom stereocenters. The van der Waals surface area contributed by atoms with Crippen molar-refractivity contribution in [1.29, 1.82) is 0 Å². The second-order valence-corrected chi connectivity index (χ2v) is 18.5. The van der Waals surface area contributed by atoms with Gasteiger partial charge in [-0.3, -0.25) is 0 Å². The van der Waals surface area contributed by atoms with E-state index in [1.54, 1.807) is 0 Å². The van der Waals surface area contributed by atoms with Crippen LogP contribution in [-0.2, 0) is 10.8 Å². The number of rotatable bonds is 8. The third kappa shape index (κ3) is 6.78. The van der Waals surface area contributed by atoms with Crippen LogP contribution in [0.15, 0.2) is 253 Å². The molecule has 326 valence electrons. The summed E-state index contributed by atoms with van der Waals surface area (Å²) < 4.78 is 6.36. The van der Waals surface area contributed by atoms with Crippen molar-refractivity contribution in [2.24, 2.45) is 0 Å². The summed E-state index contributed by atoms with van der Waals surface area (Å²) in [6, 6.07) is 79.8. The molecule has 2 aromatic heterocycles. The molecule has 11 aromatic rings. The van der Waals surface area contributed by atoms with E-state index in [2.05, 4.69) is 231 Å². The Morgan fingerprint density at radius 1 is 0.391 bits per heavy atom. The van der Waals surface area contributed by atoms with E-state index in [-0.39, 0.29) is 5.41 Å². The minimum atomic E-state index is -0.534. The van der Waals surface area contributed by atoms with E-state index in [9.17, 15) is 0 Å². The Kier molecular flexibility index (Phi) is 9.55. The molecular weight excluding hydrogens is 839 g/mol. The molecule has 4 nitrogen and oxygen atoms in total. The van der Waals surface area contributed by atoms with E-state index in [1.807, 2.05) is 18.2 Å². The first-order valence-corrected chi connectivity index (χ1v) is 23.7. The van der Waals surface area contributed by atoms with Crippen molar-refractivity contribution in [1.82, 2.24) is 15.0 Å². The zero-order valence-corrected chi connectivity index (χ0v) is 38.1. The largest absolute Gasteiger partial charge is 0.456 e. The van der Waals surface area contributed by atoms with Gasteiger partial charge in [-0.1, -0.05) is 219 Å². The molecule has 9 aromatic carbocycles. The molecule has 0 fully saturated rings. The molecule has 0 amide bonds. The summed E-state index contributed by atoms with van der Waals surface area (Å²) in [7, 11) is 0. The first-order valence-electron chi connectivity index (χ1n) is 23.7. The highest BCUT2D eigenvalue weighted by atomic mass is 16.3. The molecule has 0 bridgehead atoms. The van der Waals surface area contributed by atoms with Gasteiger partial charge in [0.25, 0.3) is 0 Å². The average molecular weight is 884 g/mol. The number of hydrogen-bond acceptors (Lipinski definition) is 4. The lowest BCUT2D eigenvalue weighted by atomic mass is 9.64. The van der Waals surface area contributed by atoms with E-state index in [4.69, 9.17) is 19.4 Å². The lowest BCUT2D eigenvalue weighted by Crippen LogP contribution is -2.31. The molecule has 2 aliphatic rings. The van der Waals surface area contributed by atoms with Crippen LogP contribution < -0.4 is 0 Å². The second kappa shape index (κ2) is 16.3. The standard InChI is InChI=1S/C65H45N3O/c1-64(38-36-50(37-39-64)65(57-27-11-8-24-53(57)54-25-9-12-28-58(54)65)52-34-35-60-56(42-52)55-26-10-13-29-59(55)69-60)51-23-15-22-49(41-51)63-67-61(46-32-30-45(31-33-46)43-16-4-2-5-17-43)66-62(68-63)48-21-14-20-47(40-48)44-18-6-3-7-19-44/h2-38,40-42H,39H2,1H3. The minimum absolute atomic E-state index is 0.307. The molecule has 69 heavy (non-hydrogen) atoms. The van der Waals surface area contributed by atoms with E-state index in [0.29, 0.717) is 17.5 Å². The average Bonchev–Trinajstić information content (AvgIpc) is 3.95. The van der Waals surface area contributed by atoms with Crippen molar-refractivity contribution in [2.45, 2.75) is 24.2 Å². The van der Waals surface area contributed by atoms with Crippen molar-refractivity contribution in [3.05, 3.63) is 271 Å². The van der Waals surface area contributed by atoms with Gasteiger partial charge in [-0.05, 0) is 98.0 Å². The molecule has 13 rings (SSSR count). The lowest BCUT2D eigenvalue weighted by molar-refractivity contribution is 0.586. The molecule has 0 N–H and O–H groups in total. The third-order valence-corrected chi connectivity index (χ3v) is 14.5. The first-order chi connectivity index (χ1) is 34.0. The Hall–Kier alpha value is -8.73. The van der Waals surface area contributed by atoms with Crippen LogP contribution in [0.3, 0.4) is 0 Å². The second-order valence-electron chi connectivity index (χ2n) is 18.5. The number of furan rings is 1. The Bertz CT molecular complexity index is 3780. The number of para-hydroxylation sites is 1. The van der Waals surface area contributed by atoms with Crippen LogP contribution in [0.4, 0.5) is 0 Å². The van der Waals surface area contributed by atoms with Crippen molar-refractivity contribution in [2.75, 3.05) is 0 Å². The summed E-state index contributed by atoms with van der Waals surface area (Å²) in [5.41, 5.74) is 17.2. The van der Waals surface area contributed by atoms with Gasteiger partial charge in [0, 0.05) is 32.9 Å². The fourth-order valence-electron chi connectivity index (χ4n) is 10.9. The van der Waals surface area contributed by atoms with Gasteiger partial charge in [0.05, 0.1) is 5.41 Å². The maximum atomic E-state index is 6.36. The van der Waals surface area contributed by atoms with Gasteiger partial charge in [0.1, 0.15) is 11.2 Å². The van der Waals surface area contributed by atoms with Gasteiger partial charge in [-0.2, -0.15) is 0 Å². The zero-order chi connectivity index (χ0) is 45.9. The Labute approximate surface area is 401 Å². The van der Waals surface area contributed by atoms with Crippen molar-refractivity contribution in [3.63, 3.8) is 0 Å². The predicted molar refractivity (Wildman–Crippen MR) is 282 cm³/mol. The monoisotopic (exact) mass is 883 g/mol. The zero-order valence-electron chi connectivity index (χ0n) is 38.1. The maximum absolute atomic E-state index is 6.36.